The number of hydrogen-bond acceptors (Lipinski definition) is 3. The molecule has 3 rings (SSSR count). The predicted molar refractivity (Wildman–Crippen MR) is 70.5 cm³/mol. The molecule has 2 heterocycles. The second kappa shape index (κ2) is 4.22. The van der Waals surface area contributed by atoms with Crippen molar-refractivity contribution in [3.05, 3.63) is 53.5 Å². The molecule has 0 bridgehead atoms. The summed E-state index contributed by atoms with van der Waals surface area (Å²) < 4.78 is 0.870. The number of nitrogens with zero attached hydrogens (tertiary/aromatic N) is 3. The highest BCUT2D eigenvalue weighted by Gasteiger charge is 2.06. The van der Waals surface area contributed by atoms with Crippen LogP contribution in [0, 0.1) is 0 Å². The van der Waals surface area contributed by atoms with Gasteiger partial charge in [-0.15, -0.1) is 0 Å². The van der Waals surface area contributed by atoms with E-state index < -0.39 is 0 Å². The van der Waals surface area contributed by atoms with Gasteiger partial charge in [0.25, 0.3) is 0 Å². The molecular formula is C13H8BrN3. The normalized spacial score (nSPS) is 10.6. The van der Waals surface area contributed by atoms with E-state index in [1.165, 1.54) is 0 Å². The van der Waals surface area contributed by atoms with Gasteiger partial charge < -0.3 is 0 Å². The maximum atomic E-state index is 4.30. The summed E-state index contributed by atoms with van der Waals surface area (Å²) in [6.45, 7) is 0. The number of halogens is 1. The monoisotopic (exact) mass is 285 g/mol. The Morgan fingerprint density at radius 1 is 0.882 bits per heavy atom. The predicted octanol–water partition coefficient (Wildman–Crippen LogP) is 3.45. The summed E-state index contributed by atoms with van der Waals surface area (Å²) >= 11 is 3.33. The second-order valence-corrected chi connectivity index (χ2v) is 4.55. The van der Waals surface area contributed by atoms with E-state index in [0.717, 1.165) is 20.8 Å². The van der Waals surface area contributed by atoms with Crippen LogP contribution in [-0.4, -0.2) is 15.0 Å². The van der Waals surface area contributed by atoms with E-state index in [0.29, 0.717) is 5.82 Å². The summed E-state index contributed by atoms with van der Waals surface area (Å²) in [5.74, 6) is 0.692. The third kappa shape index (κ3) is 1.91. The first kappa shape index (κ1) is 10.4. The zero-order chi connectivity index (χ0) is 11.7. The van der Waals surface area contributed by atoms with Crippen molar-refractivity contribution < 1.29 is 0 Å². The van der Waals surface area contributed by atoms with Crippen molar-refractivity contribution in [2.75, 3.05) is 0 Å². The van der Waals surface area contributed by atoms with Crippen LogP contribution in [0.1, 0.15) is 0 Å². The minimum absolute atomic E-state index is 0.692. The molecule has 4 heteroatoms. The lowest BCUT2D eigenvalue weighted by Crippen LogP contribution is -1.90. The van der Waals surface area contributed by atoms with Gasteiger partial charge in [-0.25, -0.2) is 9.97 Å². The molecule has 1 aromatic carbocycles. The van der Waals surface area contributed by atoms with Gasteiger partial charge in [-0.3, -0.25) is 4.98 Å². The lowest BCUT2D eigenvalue weighted by Gasteiger charge is -2.04. The highest BCUT2D eigenvalue weighted by atomic mass is 79.9. The molecule has 0 atom stereocenters. The van der Waals surface area contributed by atoms with Crippen molar-refractivity contribution in [1.29, 1.82) is 0 Å². The maximum absolute atomic E-state index is 4.30. The molecule has 0 N–H and O–H groups in total. The third-order valence-corrected chi connectivity index (χ3v) is 2.94. The van der Waals surface area contributed by atoms with E-state index in [4.69, 9.17) is 0 Å². The number of rotatable bonds is 1. The molecule has 3 nitrogen and oxygen atoms in total. The molecule has 0 aliphatic heterocycles. The topological polar surface area (TPSA) is 38.7 Å². The van der Waals surface area contributed by atoms with Crippen molar-refractivity contribution in [2.45, 2.75) is 0 Å². The standard InChI is InChI=1S/C13H8BrN3/c14-10-6-16-13(17-7-10)12-8-15-5-9-3-1-2-4-11(9)12/h1-8H. The molecule has 0 aliphatic rings. The largest absolute Gasteiger partial charge is 0.263 e. The second-order valence-electron chi connectivity index (χ2n) is 3.63. The van der Waals surface area contributed by atoms with Crippen molar-refractivity contribution in [3.63, 3.8) is 0 Å². The van der Waals surface area contributed by atoms with Crippen LogP contribution < -0.4 is 0 Å². The van der Waals surface area contributed by atoms with Crippen molar-refractivity contribution in [1.82, 2.24) is 15.0 Å². The van der Waals surface area contributed by atoms with Crippen LogP contribution in [-0.2, 0) is 0 Å². The maximum Gasteiger partial charge on any atom is 0.161 e. The van der Waals surface area contributed by atoms with Crippen LogP contribution in [0.25, 0.3) is 22.2 Å². The minimum atomic E-state index is 0.692. The molecule has 0 amide bonds. The van der Waals surface area contributed by atoms with Gasteiger partial charge in [0, 0.05) is 35.7 Å². The smallest absolute Gasteiger partial charge is 0.161 e. The van der Waals surface area contributed by atoms with E-state index >= 15 is 0 Å². The Morgan fingerprint density at radius 2 is 1.65 bits per heavy atom. The fourth-order valence-corrected chi connectivity index (χ4v) is 1.95. The van der Waals surface area contributed by atoms with Gasteiger partial charge in [-0.1, -0.05) is 24.3 Å². The summed E-state index contributed by atoms with van der Waals surface area (Å²) in [6, 6.07) is 8.09. The van der Waals surface area contributed by atoms with E-state index in [1.807, 2.05) is 24.4 Å². The highest BCUT2D eigenvalue weighted by molar-refractivity contribution is 9.10. The van der Waals surface area contributed by atoms with E-state index in [9.17, 15) is 0 Å². The Hall–Kier alpha value is -1.81. The van der Waals surface area contributed by atoms with Crippen LogP contribution in [0.15, 0.2) is 53.5 Å². The Balaban J connectivity index is 2.27. The van der Waals surface area contributed by atoms with Gasteiger partial charge >= 0.3 is 0 Å². The van der Waals surface area contributed by atoms with Gasteiger partial charge in [0.05, 0.1) is 4.47 Å². The molecule has 0 unspecified atom stereocenters. The zero-order valence-electron chi connectivity index (χ0n) is 8.84. The van der Waals surface area contributed by atoms with Crippen LogP contribution in [0.4, 0.5) is 0 Å². The van der Waals surface area contributed by atoms with Crippen LogP contribution in [0.3, 0.4) is 0 Å². The van der Waals surface area contributed by atoms with Crippen molar-refractivity contribution in [3.8, 4) is 11.4 Å². The first-order valence-electron chi connectivity index (χ1n) is 5.15. The molecule has 17 heavy (non-hydrogen) atoms. The fourth-order valence-electron chi connectivity index (χ4n) is 1.75. The van der Waals surface area contributed by atoms with Crippen molar-refractivity contribution >= 4 is 26.7 Å². The molecule has 0 saturated heterocycles. The zero-order valence-corrected chi connectivity index (χ0v) is 10.4. The first-order chi connectivity index (χ1) is 8.34. The summed E-state index contributed by atoms with van der Waals surface area (Å²) in [5.41, 5.74) is 0.954. The molecule has 3 aromatic rings. The average molecular weight is 286 g/mol. The van der Waals surface area contributed by atoms with Crippen LogP contribution in [0.5, 0.6) is 0 Å². The number of hydrogen-bond donors (Lipinski definition) is 0. The number of pyridine rings is 1. The Bertz CT molecular complexity index is 660. The summed E-state index contributed by atoms with van der Waals surface area (Å²) in [5, 5.41) is 2.21. The minimum Gasteiger partial charge on any atom is -0.263 e. The molecular weight excluding hydrogens is 278 g/mol. The Morgan fingerprint density at radius 3 is 2.47 bits per heavy atom. The average Bonchev–Trinajstić information content (AvgIpc) is 2.39. The number of fused-ring (bicyclic) bond motifs is 1. The van der Waals surface area contributed by atoms with E-state index in [1.54, 1.807) is 18.6 Å². The molecule has 0 fully saturated rings. The molecule has 82 valence electrons. The van der Waals surface area contributed by atoms with Crippen molar-refractivity contribution in [2.24, 2.45) is 0 Å². The quantitative estimate of drug-likeness (QED) is 0.687. The molecule has 0 aliphatic carbocycles. The van der Waals surface area contributed by atoms with Crippen LogP contribution in [0.2, 0.25) is 0 Å². The summed E-state index contributed by atoms with van der Waals surface area (Å²) in [7, 11) is 0. The van der Waals surface area contributed by atoms with Gasteiger partial charge in [0.15, 0.2) is 5.82 Å². The van der Waals surface area contributed by atoms with E-state index in [2.05, 4.69) is 36.9 Å². The Kier molecular flexibility index (Phi) is 2.57. The van der Waals surface area contributed by atoms with E-state index in [-0.39, 0.29) is 0 Å². The Labute approximate surface area is 107 Å². The molecule has 2 aromatic heterocycles. The third-order valence-electron chi connectivity index (χ3n) is 2.53. The van der Waals surface area contributed by atoms with Gasteiger partial charge in [-0.2, -0.15) is 0 Å². The van der Waals surface area contributed by atoms with Gasteiger partial charge in [-0.05, 0) is 21.3 Å². The van der Waals surface area contributed by atoms with Gasteiger partial charge in [0.1, 0.15) is 0 Å². The summed E-state index contributed by atoms with van der Waals surface area (Å²) in [4.78, 5) is 12.8. The van der Waals surface area contributed by atoms with Crippen LogP contribution >= 0.6 is 15.9 Å². The number of aromatic nitrogens is 3. The van der Waals surface area contributed by atoms with Gasteiger partial charge in [0.2, 0.25) is 0 Å². The highest BCUT2D eigenvalue weighted by Crippen LogP contribution is 2.24. The lowest BCUT2D eigenvalue weighted by atomic mass is 10.1. The SMILES string of the molecule is Brc1cnc(-c2cncc3ccccc23)nc1. The molecule has 0 spiro atoms. The fraction of sp³-hybridized carbons (Fsp3) is 0. The first-order valence-corrected chi connectivity index (χ1v) is 5.94. The molecule has 0 radical (unpaired) electrons. The lowest BCUT2D eigenvalue weighted by molar-refractivity contribution is 1.16. The number of benzene rings is 1. The summed E-state index contributed by atoms with van der Waals surface area (Å²) in [6.07, 6.45) is 7.12. The molecule has 0 saturated carbocycles.